The Kier molecular flexibility index (Phi) is 5.98. The second-order valence-corrected chi connectivity index (χ2v) is 5.65. The van der Waals surface area contributed by atoms with Gasteiger partial charge in [-0.1, -0.05) is 42.5 Å². The van der Waals surface area contributed by atoms with E-state index < -0.39 is 0 Å². The quantitative estimate of drug-likeness (QED) is 0.750. The van der Waals surface area contributed by atoms with Crippen LogP contribution in [-0.4, -0.2) is 24.0 Å². The number of hydrogen-bond donors (Lipinski definition) is 0. The Morgan fingerprint density at radius 3 is 2.30 bits per heavy atom. The van der Waals surface area contributed by atoms with Crippen LogP contribution in [0.15, 0.2) is 60.7 Å². The number of amides is 1. The van der Waals surface area contributed by atoms with E-state index in [0.717, 1.165) is 16.9 Å². The summed E-state index contributed by atoms with van der Waals surface area (Å²) in [4.78, 5) is 14.4. The Hall–Kier alpha value is -2.55. The van der Waals surface area contributed by atoms with Crippen molar-refractivity contribution < 1.29 is 9.53 Å². The maximum absolute atomic E-state index is 12.5. The predicted molar refractivity (Wildman–Crippen MR) is 94.2 cm³/mol. The fraction of sp³-hybridized carbons (Fsp3) is 0.250. The van der Waals surface area contributed by atoms with Crippen LogP contribution in [0.1, 0.15) is 25.0 Å². The summed E-state index contributed by atoms with van der Waals surface area (Å²) >= 11 is 0. The van der Waals surface area contributed by atoms with E-state index in [4.69, 9.17) is 4.74 Å². The van der Waals surface area contributed by atoms with Crippen molar-refractivity contribution in [2.24, 2.45) is 0 Å². The molecule has 0 spiro atoms. The summed E-state index contributed by atoms with van der Waals surface area (Å²) in [7, 11) is 1.64. The number of carbonyl (C=O) groups excluding carboxylic acids is 1. The van der Waals surface area contributed by atoms with E-state index in [2.05, 4.69) is 0 Å². The van der Waals surface area contributed by atoms with Gasteiger partial charge in [0, 0.05) is 18.7 Å². The summed E-state index contributed by atoms with van der Waals surface area (Å²) in [6.45, 7) is 4.68. The zero-order valence-corrected chi connectivity index (χ0v) is 13.9. The topological polar surface area (TPSA) is 29.5 Å². The SMILES string of the molecule is COc1ccc(/C=C/C(=O)N(Cc2ccccc2)C(C)C)cc1. The highest BCUT2D eigenvalue weighted by atomic mass is 16.5. The van der Waals surface area contributed by atoms with Crippen LogP contribution in [0.3, 0.4) is 0 Å². The molecule has 0 aromatic heterocycles. The van der Waals surface area contributed by atoms with Crippen molar-refractivity contribution in [1.82, 2.24) is 4.90 Å². The number of methoxy groups -OCH3 is 1. The molecule has 120 valence electrons. The van der Waals surface area contributed by atoms with E-state index in [1.165, 1.54) is 0 Å². The maximum atomic E-state index is 12.5. The second-order valence-electron chi connectivity index (χ2n) is 5.65. The fourth-order valence-corrected chi connectivity index (χ4v) is 2.27. The number of nitrogens with zero attached hydrogens (tertiary/aromatic N) is 1. The van der Waals surface area contributed by atoms with Crippen LogP contribution < -0.4 is 4.74 Å². The molecule has 0 unspecified atom stereocenters. The third-order valence-corrected chi connectivity index (χ3v) is 3.64. The fourth-order valence-electron chi connectivity index (χ4n) is 2.27. The standard InChI is InChI=1S/C20H23NO2/c1-16(2)21(15-18-7-5-4-6-8-18)20(22)14-11-17-9-12-19(23-3)13-10-17/h4-14,16H,15H2,1-3H3/b14-11+. The van der Waals surface area contributed by atoms with Gasteiger partial charge in [-0.2, -0.15) is 0 Å². The zero-order valence-electron chi connectivity index (χ0n) is 13.9. The summed E-state index contributed by atoms with van der Waals surface area (Å²) < 4.78 is 5.13. The van der Waals surface area contributed by atoms with Gasteiger partial charge in [0.1, 0.15) is 5.75 Å². The number of ether oxygens (including phenoxy) is 1. The maximum Gasteiger partial charge on any atom is 0.247 e. The van der Waals surface area contributed by atoms with Gasteiger partial charge in [-0.15, -0.1) is 0 Å². The Morgan fingerprint density at radius 1 is 1.09 bits per heavy atom. The van der Waals surface area contributed by atoms with Gasteiger partial charge in [0.15, 0.2) is 0 Å². The summed E-state index contributed by atoms with van der Waals surface area (Å²) in [5.74, 6) is 0.820. The molecule has 2 aromatic rings. The van der Waals surface area contributed by atoms with Crippen LogP contribution in [-0.2, 0) is 11.3 Å². The molecule has 1 amide bonds. The number of hydrogen-bond acceptors (Lipinski definition) is 2. The summed E-state index contributed by atoms with van der Waals surface area (Å²) in [5.41, 5.74) is 2.11. The van der Waals surface area contributed by atoms with Crippen LogP contribution in [0.5, 0.6) is 5.75 Å². The number of benzene rings is 2. The highest BCUT2D eigenvalue weighted by Gasteiger charge is 2.14. The molecular formula is C20H23NO2. The van der Waals surface area contributed by atoms with Crippen molar-refractivity contribution in [3.8, 4) is 5.75 Å². The molecule has 0 aliphatic carbocycles. The molecule has 2 aromatic carbocycles. The Morgan fingerprint density at radius 2 is 1.74 bits per heavy atom. The van der Waals surface area contributed by atoms with Gasteiger partial charge >= 0.3 is 0 Å². The Labute approximate surface area is 138 Å². The average Bonchev–Trinajstić information content (AvgIpc) is 2.58. The second kappa shape index (κ2) is 8.18. The minimum atomic E-state index is 0.0136. The highest BCUT2D eigenvalue weighted by Crippen LogP contribution is 2.13. The monoisotopic (exact) mass is 309 g/mol. The van der Waals surface area contributed by atoms with Crippen molar-refractivity contribution in [2.45, 2.75) is 26.4 Å². The van der Waals surface area contributed by atoms with Gasteiger partial charge < -0.3 is 9.64 Å². The summed E-state index contributed by atoms with van der Waals surface area (Å²) in [5, 5.41) is 0. The van der Waals surface area contributed by atoms with Crippen molar-refractivity contribution in [3.63, 3.8) is 0 Å². The van der Waals surface area contributed by atoms with Crippen molar-refractivity contribution in [3.05, 3.63) is 71.8 Å². The zero-order chi connectivity index (χ0) is 16.7. The minimum Gasteiger partial charge on any atom is -0.497 e. The third-order valence-electron chi connectivity index (χ3n) is 3.64. The van der Waals surface area contributed by atoms with Crippen molar-refractivity contribution >= 4 is 12.0 Å². The molecule has 2 rings (SSSR count). The number of carbonyl (C=O) groups is 1. The molecule has 0 aliphatic rings. The average molecular weight is 309 g/mol. The first-order chi connectivity index (χ1) is 11.1. The molecule has 3 heteroatoms. The summed E-state index contributed by atoms with van der Waals surface area (Å²) in [6, 6.07) is 17.8. The third kappa shape index (κ3) is 4.99. The van der Waals surface area contributed by atoms with Gasteiger partial charge in [0.25, 0.3) is 0 Å². The largest absolute Gasteiger partial charge is 0.497 e. The first-order valence-corrected chi connectivity index (χ1v) is 7.77. The molecular weight excluding hydrogens is 286 g/mol. The van der Waals surface area contributed by atoms with Crippen LogP contribution in [0.4, 0.5) is 0 Å². The minimum absolute atomic E-state index is 0.0136. The van der Waals surface area contributed by atoms with Crippen LogP contribution in [0.2, 0.25) is 0 Å². The lowest BCUT2D eigenvalue weighted by molar-refractivity contribution is -0.128. The molecule has 0 saturated heterocycles. The van der Waals surface area contributed by atoms with Crippen LogP contribution >= 0.6 is 0 Å². The van der Waals surface area contributed by atoms with E-state index in [9.17, 15) is 4.79 Å². The van der Waals surface area contributed by atoms with Gasteiger partial charge in [-0.25, -0.2) is 0 Å². The number of rotatable bonds is 6. The molecule has 23 heavy (non-hydrogen) atoms. The molecule has 0 heterocycles. The van der Waals surface area contributed by atoms with Gasteiger partial charge in [0.05, 0.1) is 7.11 Å². The first-order valence-electron chi connectivity index (χ1n) is 7.77. The summed E-state index contributed by atoms with van der Waals surface area (Å²) in [6.07, 6.45) is 3.47. The molecule has 0 radical (unpaired) electrons. The molecule has 0 bridgehead atoms. The predicted octanol–water partition coefficient (Wildman–Crippen LogP) is 4.15. The van der Waals surface area contributed by atoms with Crippen LogP contribution in [0.25, 0.3) is 6.08 Å². The lowest BCUT2D eigenvalue weighted by atomic mass is 10.1. The van der Waals surface area contributed by atoms with E-state index in [1.807, 2.05) is 79.4 Å². The van der Waals surface area contributed by atoms with E-state index in [1.54, 1.807) is 13.2 Å². The lowest BCUT2D eigenvalue weighted by Gasteiger charge is -2.25. The molecule has 0 atom stereocenters. The molecule has 0 N–H and O–H groups in total. The Bertz CT molecular complexity index is 645. The van der Waals surface area contributed by atoms with Crippen LogP contribution in [0, 0.1) is 0 Å². The molecule has 0 aliphatic heterocycles. The van der Waals surface area contributed by atoms with Gasteiger partial charge in [0.2, 0.25) is 5.91 Å². The van der Waals surface area contributed by atoms with E-state index >= 15 is 0 Å². The normalized spacial score (nSPS) is 11.0. The molecule has 0 saturated carbocycles. The van der Waals surface area contributed by atoms with Crippen molar-refractivity contribution in [1.29, 1.82) is 0 Å². The van der Waals surface area contributed by atoms with E-state index in [0.29, 0.717) is 6.54 Å². The van der Waals surface area contributed by atoms with E-state index in [-0.39, 0.29) is 11.9 Å². The Balaban J connectivity index is 2.06. The first kappa shape index (κ1) is 16.8. The smallest absolute Gasteiger partial charge is 0.247 e. The molecule has 0 fully saturated rings. The molecule has 3 nitrogen and oxygen atoms in total. The van der Waals surface area contributed by atoms with Gasteiger partial charge in [-0.3, -0.25) is 4.79 Å². The highest BCUT2D eigenvalue weighted by molar-refractivity contribution is 5.92. The lowest BCUT2D eigenvalue weighted by Crippen LogP contribution is -2.35. The van der Waals surface area contributed by atoms with Gasteiger partial charge in [-0.05, 0) is 43.2 Å². The van der Waals surface area contributed by atoms with Crippen molar-refractivity contribution in [2.75, 3.05) is 7.11 Å².